The molecular formula is C19H11NO4S. The van der Waals surface area contributed by atoms with Crippen LogP contribution in [0.25, 0.3) is 28.4 Å². The number of carbonyl (C=O) groups is 2. The van der Waals surface area contributed by atoms with Crippen molar-refractivity contribution in [3.05, 3.63) is 75.3 Å². The van der Waals surface area contributed by atoms with Gasteiger partial charge in [-0.1, -0.05) is 30.3 Å². The Hall–Kier alpha value is -3.12. The van der Waals surface area contributed by atoms with Gasteiger partial charge >= 0.3 is 0 Å². The van der Waals surface area contributed by atoms with Crippen LogP contribution in [0.3, 0.4) is 0 Å². The Morgan fingerprint density at radius 2 is 1.80 bits per heavy atom. The minimum Gasteiger partial charge on any atom is -0.456 e. The summed E-state index contributed by atoms with van der Waals surface area (Å²) in [5, 5.41) is 2.37. The summed E-state index contributed by atoms with van der Waals surface area (Å²) in [5.74, 6) is 0.0428. The van der Waals surface area contributed by atoms with E-state index in [9.17, 15) is 14.4 Å². The van der Waals surface area contributed by atoms with Gasteiger partial charge in [-0.3, -0.25) is 19.7 Å². The Bertz CT molecular complexity index is 1110. The van der Waals surface area contributed by atoms with Crippen LogP contribution in [-0.4, -0.2) is 11.1 Å². The van der Waals surface area contributed by atoms with Crippen LogP contribution >= 0.6 is 11.8 Å². The van der Waals surface area contributed by atoms with E-state index in [1.807, 2.05) is 18.2 Å². The lowest BCUT2D eigenvalue weighted by molar-refractivity contribution is -0.115. The number of rotatable bonds is 2. The average Bonchev–Trinajstić information content (AvgIpc) is 2.92. The Balaban J connectivity index is 1.78. The van der Waals surface area contributed by atoms with E-state index in [0.717, 1.165) is 17.3 Å². The Labute approximate surface area is 146 Å². The molecule has 122 valence electrons. The number of para-hydroxylation sites is 1. The van der Waals surface area contributed by atoms with Crippen LogP contribution in [0.2, 0.25) is 0 Å². The number of carbonyl (C=O) groups excluding carboxylic acids is 2. The van der Waals surface area contributed by atoms with Gasteiger partial charge in [0.2, 0.25) is 0 Å². The van der Waals surface area contributed by atoms with Crippen LogP contribution in [0, 0.1) is 0 Å². The maximum Gasteiger partial charge on any atom is 0.290 e. The van der Waals surface area contributed by atoms with Crippen molar-refractivity contribution in [1.82, 2.24) is 5.32 Å². The fourth-order valence-electron chi connectivity index (χ4n) is 2.60. The van der Waals surface area contributed by atoms with Crippen LogP contribution in [0.5, 0.6) is 0 Å². The highest BCUT2D eigenvalue weighted by Gasteiger charge is 2.24. The minimum atomic E-state index is -0.405. The molecule has 0 spiro atoms. The van der Waals surface area contributed by atoms with Gasteiger partial charge in [0.1, 0.15) is 11.3 Å². The minimum absolute atomic E-state index is 0.114. The predicted molar refractivity (Wildman–Crippen MR) is 97.0 cm³/mol. The van der Waals surface area contributed by atoms with Crippen molar-refractivity contribution in [2.24, 2.45) is 0 Å². The molecule has 0 atom stereocenters. The SMILES string of the molecule is O=C1NC(=O)/C(=C\c2cccc(-c3cc(=O)c4ccccc4o3)c2)S1. The summed E-state index contributed by atoms with van der Waals surface area (Å²) in [7, 11) is 0. The molecule has 2 amide bonds. The highest BCUT2D eigenvalue weighted by molar-refractivity contribution is 8.18. The van der Waals surface area contributed by atoms with Gasteiger partial charge in [-0.25, -0.2) is 0 Å². The van der Waals surface area contributed by atoms with Gasteiger partial charge < -0.3 is 4.42 Å². The molecule has 4 rings (SSSR count). The molecule has 2 aromatic carbocycles. The highest BCUT2D eigenvalue weighted by atomic mass is 32.2. The van der Waals surface area contributed by atoms with Gasteiger partial charge in [-0.15, -0.1) is 0 Å². The second kappa shape index (κ2) is 6.07. The molecule has 1 aliphatic rings. The van der Waals surface area contributed by atoms with Gasteiger partial charge in [-0.05, 0) is 41.6 Å². The Morgan fingerprint density at radius 3 is 2.60 bits per heavy atom. The van der Waals surface area contributed by atoms with E-state index in [1.165, 1.54) is 6.07 Å². The molecule has 0 unspecified atom stereocenters. The number of amides is 2. The van der Waals surface area contributed by atoms with E-state index >= 15 is 0 Å². The average molecular weight is 349 g/mol. The van der Waals surface area contributed by atoms with Gasteiger partial charge in [0, 0.05) is 11.6 Å². The van der Waals surface area contributed by atoms with E-state index in [1.54, 1.807) is 36.4 Å². The third-order valence-electron chi connectivity index (χ3n) is 3.75. The molecule has 5 nitrogen and oxygen atoms in total. The fourth-order valence-corrected chi connectivity index (χ4v) is 3.28. The zero-order chi connectivity index (χ0) is 17.4. The molecule has 1 saturated heterocycles. The summed E-state index contributed by atoms with van der Waals surface area (Å²) < 4.78 is 5.83. The normalized spacial score (nSPS) is 15.8. The quantitative estimate of drug-likeness (QED) is 0.713. The zero-order valence-corrected chi connectivity index (χ0v) is 13.6. The summed E-state index contributed by atoms with van der Waals surface area (Å²) in [6.45, 7) is 0. The maximum absolute atomic E-state index is 12.2. The molecule has 0 saturated carbocycles. The van der Waals surface area contributed by atoms with Crippen molar-refractivity contribution >= 4 is 40.0 Å². The zero-order valence-electron chi connectivity index (χ0n) is 12.8. The largest absolute Gasteiger partial charge is 0.456 e. The third-order valence-corrected chi connectivity index (χ3v) is 4.56. The standard InChI is InChI=1S/C19H11NO4S/c21-14-10-16(24-15-7-2-1-6-13(14)15)12-5-3-4-11(8-12)9-17-18(22)20-19(23)25-17/h1-10H,(H,20,22,23)/b17-9+. The Morgan fingerprint density at radius 1 is 0.960 bits per heavy atom. The van der Waals surface area contributed by atoms with Gasteiger partial charge in [0.15, 0.2) is 5.43 Å². The van der Waals surface area contributed by atoms with Crippen molar-refractivity contribution in [3.63, 3.8) is 0 Å². The van der Waals surface area contributed by atoms with E-state index < -0.39 is 5.91 Å². The fraction of sp³-hybridized carbons (Fsp3) is 0. The lowest BCUT2D eigenvalue weighted by Gasteiger charge is -2.04. The second-order valence-corrected chi connectivity index (χ2v) is 6.46. The molecule has 2 heterocycles. The molecule has 6 heteroatoms. The third kappa shape index (κ3) is 2.99. The molecule has 1 aliphatic heterocycles. The molecule has 0 aliphatic carbocycles. The van der Waals surface area contributed by atoms with Crippen molar-refractivity contribution in [2.45, 2.75) is 0 Å². The number of hydrogen-bond donors (Lipinski definition) is 1. The first-order valence-electron chi connectivity index (χ1n) is 7.48. The van der Waals surface area contributed by atoms with Crippen molar-refractivity contribution in [2.75, 3.05) is 0 Å². The number of benzene rings is 2. The van der Waals surface area contributed by atoms with E-state index in [2.05, 4.69) is 5.32 Å². The van der Waals surface area contributed by atoms with Gasteiger partial charge in [-0.2, -0.15) is 0 Å². The molecule has 0 radical (unpaired) electrons. The van der Waals surface area contributed by atoms with E-state index in [0.29, 0.717) is 27.2 Å². The summed E-state index contributed by atoms with van der Waals surface area (Å²) in [5.41, 5.74) is 1.86. The molecule has 1 N–H and O–H groups in total. The summed E-state index contributed by atoms with van der Waals surface area (Å²) in [4.78, 5) is 35.5. The number of thioether (sulfide) groups is 1. The number of imide groups is 1. The van der Waals surface area contributed by atoms with Crippen LogP contribution in [0.1, 0.15) is 5.56 Å². The number of hydrogen-bond acceptors (Lipinski definition) is 5. The molecular weight excluding hydrogens is 338 g/mol. The Kier molecular flexibility index (Phi) is 3.74. The molecule has 3 aromatic rings. The molecule has 1 fully saturated rings. The molecule has 25 heavy (non-hydrogen) atoms. The van der Waals surface area contributed by atoms with Crippen molar-refractivity contribution < 1.29 is 14.0 Å². The van der Waals surface area contributed by atoms with Gasteiger partial charge in [0.05, 0.1) is 10.3 Å². The summed E-state index contributed by atoms with van der Waals surface area (Å²) >= 11 is 0.863. The van der Waals surface area contributed by atoms with E-state index in [4.69, 9.17) is 4.42 Å². The highest BCUT2D eigenvalue weighted by Crippen LogP contribution is 2.28. The number of fused-ring (bicyclic) bond motifs is 1. The van der Waals surface area contributed by atoms with Crippen LogP contribution in [0.4, 0.5) is 4.79 Å². The molecule has 1 aromatic heterocycles. The smallest absolute Gasteiger partial charge is 0.290 e. The lowest BCUT2D eigenvalue weighted by Crippen LogP contribution is -2.17. The van der Waals surface area contributed by atoms with Crippen LogP contribution in [-0.2, 0) is 4.79 Å². The van der Waals surface area contributed by atoms with Crippen LogP contribution in [0.15, 0.2) is 68.7 Å². The van der Waals surface area contributed by atoms with Gasteiger partial charge in [0.25, 0.3) is 11.1 Å². The topological polar surface area (TPSA) is 76.4 Å². The maximum atomic E-state index is 12.2. The lowest BCUT2D eigenvalue weighted by atomic mass is 10.1. The molecule has 0 bridgehead atoms. The summed E-state index contributed by atoms with van der Waals surface area (Å²) in [6.07, 6.45) is 1.63. The first-order chi connectivity index (χ1) is 12.1. The first kappa shape index (κ1) is 15.4. The second-order valence-electron chi connectivity index (χ2n) is 5.45. The predicted octanol–water partition coefficient (Wildman–Crippen LogP) is 3.78. The van der Waals surface area contributed by atoms with Crippen molar-refractivity contribution in [3.8, 4) is 11.3 Å². The summed E-state index contributed by atoms with van der Waals surface area (Å²) in [6, 6.07) is 15.8. The van der Waals surface area contributed by atoms with E-state index in [-0.39, 0.29) is 10.7 Å². The monoisotopic (exact) mass is 349 g/mol. The first-order valence-corrected chi connectivity index (χ1v) is 8.30. The van der Waals surface area contributed by atoms with Crippen LogP contribution < -0.4 is 10.7 Å². The van der Waals surface area contributed by atoms with Crippen molar-refractivity contribution in [1.29, 1.82) is 0 Å². The number of nitrogens with one attached hydrogen (secondary N) is 1.